The Morgan fingerprint density at radius 1 is 1.03 bits per heavy atom. The lowest BCUT2D eigenvalue weighted by Crippen LogP contribution is -2.43. The Labute approximate surface area is 207 Å². The van der Waals surface area contributed by atoms with Crippen molar-refractivity contribution in [3.05, 3.63) is 83.9 Å². The number of amides is 2. The molecule has 0 saturated heterocycles. The first-order valence-corrected chi connectivity index (χ1v) is 12.0. The largest absolute Gasteiger partial charge is 0.483 e. The van der Waals surface area contributed by atoms with Gasteiger partial charge in [0.05, 0.1) is 11.6 Å². The minimum atomic E-state index is -0.358. The summed E-state index contributed by atoms with van der Waals surface area (Å²) in [7, 11) is 0. The lowest BCUT2D eigenvalue weighted by atomic mass is 10.0. The van der Waals surface area contributed by atoms with Gasteiger partial charge in [-0.2, -0.15) is 0 Å². The first-order chi connectivity index (χ1) is 16.6. The van der Waals surface area contributed by atoms with Crippen LogP contribution in [0, 0.1) is 5.92 Å². The highest BCUT2D eigenvalue weighted by Gasteiger charge is 2.23. The molecule has 0 saturated carbocycles. The van der Waals surface area contributed by atoms with Crippen LogP contribution in [0.3, 0.4) is 0 Å². The third kappa shape index (κ3) is 7.98. The van der Waals surface area contributed by atoms with E-state index in [1.807, 2.05) is 45.2 Å². The van der Waals surface area contributed by atoms with Crippen LogP contribution < -0.4 is 15.4 Å². The number of benzene rings is 2. The summed E-state index contributed by atoms with van der Waals surface area (Å²) in [5.41, 5.74) is 1.18. The van der Waals surface area contributed by atoms with Crippen molar-refractivity contribution >= 4 is 11.8 Å². The smallest absolute Gasteiger partial charge is 0.258 e. The second-order valence-electron chi connectivity index (χ2n) is 10.1. The second-order valence-corrected chi connectivity index (χ2v) is 10.1. The van der Waals surface area contributed by atoms with Gasteiger partial charge in [0.2, 0.25) is 0 Å². The van der Waals surface area contributed by atoms with Gasteiger partial charge in [-0.1, -0.05) is 56.3 Å². The molecular weight excluding hydrogens is 440 g/mol. The molecule has 7 heteroatoms. The second kappa shape index (κ2) is 11.7. The fourth-order valence-electron chi connectivity index (χ4n) is 3.86. The molecule has 2 N–H and O–H groups in total. The predicted molar refractivity (Wildman–Crippen MR) is 137 cm³/mol. The van der Waals surface area contributed by atoms with Gasteiger partial charge in [0.1, 0.15) is 11.6 Å². The number of para-hydroxylation sites is 1. The lowest BCUT2D eigenvalue weighted by molar-refractivity contribution is -0.124. The molecule has 0 bridgehead atoms. The van der Waals surface area contributed by atoms with E-state index >= 15 is 0 Å². The van der Waals surface area contributed by atoms with Gasteiger partial charge >= 0.3 is 0 Å². The van der Waals surface area contributed by atoms with Crippen molar-refractivity contribution in [1.82, 2.24) is 20.2 Å². The van der Waals surface area contributed by atoms with Crippen LogP contribution in [-0.2, 0) is 11.3 Å². The molecule has 1 heterocycles. The molecule has 0 spiro atoms. The maximum atomic E-state index is 13.4. The van der Waals surface area contributed by atoms with Gasteiger partial charge in [0.25, 0.3) is 11.8 Å². The van der Waals surface area contributed by atoms with Gasteiger partial charge in [0, 0.05) is 24.5 Å². The quantitative estimate of drug-likeness (QED) is 0.443. The average Bonchev–Trinajstić information content (AvgIpc) is 3.24. The summed E-state index contributed by atoms with van der Waals surface area (Å²) in [5.74, 6) is 1.00. The number of imidazole rings is 1. The highest BCUT2D eigenvalue weighted by molar-refractivity contribution is 5.97. The van der Waals surface area contributed by atoms with E-state index in [1.165, 1.54) is 0 Å². The maximum Gasteiger partial charge on any atom is 0.258 e. The molecular formula is C28H36N4O3. The van der Waals surface area contributed by atoms with Gasteiger partial charge in [-0.15, -0.1) is 0 Å². The number of nitrogens with zero attached hydrogens (tertiary/aromatic N) is 2. The molecule has 0 aliphatic heterocycles. The lowest BCUT2D eigenvalue weighted by Gasteiger charge is -2.23. The van der Waals surface area contributed by atoms with E-state index in [1.54, 1.807) is 30.5 Å². The fourth-order valence-corrected chi connectivity index (χ4v) is 3.86. The molecule has 0 aliphatic carbocycles. The van der Waals surface area contributed by atoms with Crippen molar-refractivity contribution in [3.8, 4) is 5.75 Å². The van der Waals surface area contributed by atoms with Crippen molar-refractivity contribution in [3.63, 3.8) is 0 Å². The molecule has 3 rings (SSSR count). The summed E-state index contributed by atoms with van der Waals surface area (Å²) in [4.78, 5) is 30.2. The van der Waals surface area contributed by atoms with E-state index in [0.717, 1.165) is 17.8 Å². The summed E-state index contributed by atoms with van der Waals surface area (Å²) < 4.78 is 7.80. The number of carbonyl (C=O) groups is 2. The van der Waals surface area contributed by atoms with Crippen molar-refractivity contribution in [2.75, 3.05) is 6.61 Å². The van der Waals surface area contributed by atoms with Gasteiger partial charge < -0.3 is 19.9 Å². The summed E-state index contributed by atoms with van der Waals surface area (Å²) in [6.07, 6.45) is 4.43. The van der Waals surface area contributed by atoms with Crippen LogP contribution in [0.5, 0.6) is 5.75 Å². The van der Waals surface area contributed by atoms with Crippen molar-refractivity contribution < 1.29 is 14.3 Å². The molecule has 35 heavy (non-hydrogen) atoms. The molecule has 1 atom stereocenters. The Hall–Kier alpha value is -3.61. The van der Waals surface area contributed by atoms with E-state index < -0.39 is 0 Å². The summed E-state index contributed by atoms with van der Waals surface area (Å²) in [5, 5.41) is 6.02. The third-order valence-electron chi connectivity index (χ3n) is 5.27. The molecule has 2 aromatic carbocycles. The van der Waals surface area contributed by atoms with Crippen LogP contribution in [0.2, 0.25) is 0 Å². The van der Waals surface area contributed by atoms with Gasteiger partial charge in [-0.25, -0.2) is 4.98 Å². The van der Waals surface area contributed by atoms with Crippen LogP contribution in [0.1, 0.15) is 68.8 Å². The zero-order chi connectivity index (χ0) is 25.4. The van der Waals surface area contributed by atoms with Gasteiger partial charge in [-0.05, 0) is 50.8 Å². The molecule has 7 nitrogen and oxygen atoms in total. The number of hydrogen-bond acceptors (Lipinski definition) is 4. The summed E-state index contributed by atoms with van der Waals surface area (Å²) >= 11 is 0. The molecule has 2 amide bonds. The molecule has 3 aromatic rings. The topological polar surface area (TPSA) is 85.2 Å². The highest BCUT2D eigenvalue weighted by Crippen LogP contribution is 2.24. The first kappa shape index (κ1) is 26.0. The zero-order valence-corrected chi connectivity index (χ0v) is 21.2. The van der Waals surface area contributed by atoms with E-state index in [-0.39, 0.29) is 30.0 Å². The molecule has 1 aromatic heterocycles. The molecule has 186 valence electrons. The van der Waals surface area contributed by atoms with Crippen molar-refractivity contribution in [1.29, 1.82) is 0 Å². The van der Waals surface area contributed by atoms with Crippen LogP contribution in [0.4, 0.5) is 0 Å². The third-order valence-corrected chi connectivity index (χ3v) is 5.27. The minimum Gasteiger partial charge on any atom is -0.483 e. The van der Waals surface area contributed by atoms with Crippen molar-refractivity contribution in [2.24, 2.45) is 5.92 Å². The minimum absolute atomic E-state index is 0.168. The predicted octanol–water partition coefficient (Wildman–Crippen LogP) is 4.74. The Morgan fingerprint density at radius 3 is 2.40 bits per heavy atom. The molecule has 1 unspecified atom stereocenters. The van der Waals surface area contributed by atoms with Crippen LogP contribution in [0.25, 0.3) is 0 Å². The number of aromatic nitrogens is 2. The molecule has 0 radical (unpaired) electrons. The maximum absolute atomic E-state index is 13.4. The van der Waals surface area contributed by atoms with Gasteiger partial charge in [0.15, 0.2) is 6.61 Å². The van der Waals surface area contributed by atoms with Crippen LogP contribution >= 0.6 is 0 Å². The van der Waals surface area contributed by atoms with Crippen LogP contribution in [0.15, 0.2) is 67.0 Å². The number of hydrogen-bond donors (Lipinski definition) is 2. The number of ether oxygens (including phenoxy) is 1. The van der Waals surface area contributed by atoms with E-state index in [9.17, 15) is 9.59 Å². The fraction of sp³-hybridized carbons (Fsp3) is 0.393. The Bertz CT molecular complexity index is 1120. The zero-order valence-electron chi connectivity index (χ0n) is 21.2. The average molecular weight is 477 g/mol. The number of rotatable bonds is 10. The Morgan fingerprint density at radius 2 is 1.71 bits per heavy atom. The Kier molecular flexibility index (Phi) is 8.68. The van der Waals surface area contributed by atoms with E-state index in [2.05, 4.69) is 46.2 Å². The standard InChI is InChI=1S/C28H36N4O3/c1-20(2)17-23(26-29-15-16-32(26)18-21-11-7-6-8-12-21)30-27(34)22-13-9-10-14-24(22)35-19-25(33)31-28(3,4)5/h6-16,20,23H,17-19H2,1-5H3,(H,30,34)(H,31,33). The molecule has 0 fully saturated rings. The summed E-state index contributed by atoms with van der Waals surface area (Å²) in [6, 6.07) is 16.9. The van der Waals surface area contributed by atoms with Gasteiger partial charge in [-0.3, -0.25) is 9.59 Å². The SMILES string of the molecule is CC(C)CC(NC(=O)c1ccccc1OCC(=O)NC(C)(C)C)c1nccn1Cc1ccccc1. The van der Waals surface area contributed by atoms with E-state index in [0.29, 0.717) is 23.8 Å². The highest BCUT2D eigenvalue weighted by atomic mass is 16.5. The first-order valence-electron chi connectivity index (χ1n) is 12.0. The van der Waals surface area contributed by atoms with Crippen molar-refractivity contribution in [2.45, 2.75) is 59.2 Å². The molecule has 0 aliphatic rings. The monoisotopic (exact) mass is 476 g/mol. The normalized spacial score (nSPS) is 12.3. The number of nitrogens with one attached hydrogen (secondary N) is 2. The van der Waals surface area contributed by atoms with Crippen LogP contribution in [-0.4, -0.2) is 33.5 Å². The Balaban J connectivity index is 1.77. The van der Waals surface area contributed by atoms with E-state index in [4.69, 9.17) is 4.74 Å². The number of carbonyl (C=O) groups excluding carboxylic acids is 2. The summed E-state index contributed by atoms with van der Waals surface area (Å²) in [6.45, 7) is 10.5.